The number of hydrogen-bond donors (Lipinski definition) is 1. The normalized spacial score (nSPS) is 10.6. The highest BCUT2D eigenvalue weighted by atomic mass is 35.5. The van der Waals surface area contributed by atoms with E-state index in [2.05, 4.69) is 15.4 Å². The predicted molar refractivity (Wildman–Crippen MR) is 85.7 cm³/mol. The van der Waals surface area contributed by atoms with E-state index < -0.39 is 4.92 Å². The molecule has 1 amide bonds. The van der Waals surface area contributed by atoms with Gasteiger partial charge in [-0.25, -0.2) is 4.98 Å². The molecule has 2 rings (SSSR count). The zero-order valence-electron chi connectivity index (χ0n) is 12.1. The summed E-state index contributed by atoms with van der Waals surface area (Å²) >= 11 is 11.7. The van der Waals surface area contributed by atoms with E-state index in [4.69, 9.17) is 23.2 Å². The largest absolute Gasteiger partial charge is 0.408 e. The number of nitrogens with one attached hydrogen (secondary N) is 1. The molecule has 0 radical (unpaired) electrons. The quantitative estimate of drug-likeness (QED) is 0.485. The van der Waals surface area contributed by atoms with Crippen LogP contribution >= 0.6 is 23.2 Å². The lowest BCUT2D eigenvalue weighted by Crippen LogP contribution is -2.13. The Morgan fingerprint density at radius 3 is 2.83 bits per heavy atom. The first-order valence-corrected chi connectivity index (χ1v) is 7.43. The molecule has 0 unspecified atom stereocenters. The van der Waals surface area contributed by atoms with Gasteiger partial charge in [-0.2, -0.15) is 4.68 Å². The number of pyridine rings is 1. The molecule has 2 heterocycles. The lowest BCUT2D eigenvalue weighted by molar-refractivity contribution is -0.389. The van der Waals surface area contributed by atoms with Crippen LogP contribution in [0.15, 0.2) is 18.3 Å². The van der Waals surface area contributed by atoms with Crippen LogP contribution in [0.4, 0.5) is 11.5 Å². The zero-order chi connectivity index (χ0) is 17.0. The maximum Gasteiger partial charge on any atom is 0.408 e. The molecule has 122 valence electrons. The first-order valence-electron chi connectivity index (χ1n) is 6.67. The van der Waals surface area contributed by atoms with Crippen molar-refractivity contribution in [1.29, 1.82) is 0 Å². The van der Waals surface area contributed by atoms with Gasteiger partial charge < -0.3 is 15.4 Å². The third kappa shape index (κ3) is 4.17. The number of nitrogens with zero attached hydrogens (tertiary/aromatic N) is 4. The smallest absolute Gasteiger partial charge is 0.358 e. The van der Waals surface area contributed by atoms with Gasteiger partial charge in [-0.1, -0.05) is 23.2 Å². The van der Waals surface area contributed by atoms with E-state index in [0.29, 0.717) is 24.3 Å². The van der Waals surface area contributed by atoms with Crippen LogP contribution < -0.4 is 5.32 Å². The Morgan fingerprint density at radius 1 is 1.48 bits per heavy atom. The molecule has 0 atom stereocenters. The monoisotopic (exact) mass is 357 g/mol. The molecule has 0 aliphatic heterocycles. The minimum Gasteiger partial charge on any atom is -0.358 e. The standard InChI is InChI=1S/C13H13Cl2N5O3/c1-8-11(14)13(20(22)23)18-19(8)7-3-5-10(21)17-9-4-2-6-16-12(9)15/h2,4,6H,3,5,7H2,1H3,(H,17,21). The molecule has 0 saturated carbocycles. The van der Waals surface area contributed by atoms with Gasteiger partial charge in [0.1, 0.15) is 0 Å². The fourth-order valence-electron chi connectivity index (χ4n) is 1.92. The SMILES string of the molecule is Cc1c(Cl)c([N+](=O)[O-])nn1CCCC(=O)Nc1cccnc1Cl. The minimum atomic E-state index is -0.636. The van der Waals surface area contributed by atoms with Gasteiger partial charge in [-0.15, -0.1) is 0 Å². The number of rotatable bonds is 6. The van der Waals surface area contributed by atoms with Gasteiger partial charge >= 0.3 is 5.82 Å². The highest BCUT2D eigenvalue weighted by molar-refractivity contribution is 6.33. The summed E-state index contributed by atoms with van der Waals surface area (Å²) in [7, 11) is 0. The van der Waals surface area contributed by atoms with Crippen LogP contribution in [0, 0.1) is 17.0 Å². The van der Waals surface area contributed by atoms with Gasteiger partial charge in [-0.05, 0) is 30.4 Å². The Morgan fingerprint density at radius 2 is 2.22 bits per heavy atom. The lowest BCUT2D eigenvalue weighted by Gasteiger charge is -2.06. The molecule has 0 bridgehead atoms. The molecule has 10 heteroatoms. The first kappa shape index (κ1) is 17.2. The number of amides is 1. The third-order valence-electron chi connectivity index (χ3n) is 3.10. The number of anilines is 1. The fraction of sp³-hybridized carbons (Fsp3) is 0.308. The number of hydrogen-bond acceptors (Lipinski definition) is 5. The topological polar surface area (TPSA) is 103 Å². The Kier molecular flexibility index (Phi) is 5.51. The maximum absolute atomic E-state index is 11.9. The van der Waals surface area contributed by atoms with Crippen molar-refractivity contribution in [3.63, 3.8) is 0 Å². The summed E-state index contributed by atoms with van der Waals surface area (Å²) in [4.78, 5) is 25.8. The van der Waals surface area contributed by atoms with Gasteiger partial charge in [0.2, 0.25) is 5.91 Å². The molecule has 0 fully saturated rings. The number of aromatic nitrogens is 3. The fourth-order valence-corrected chi connectivity index (χ4v) is 2.30. The summed E-state index contributed by atoms with van der Waals surface area (Å²) in [6.07, 6.45) is 2.17. The van der Waals surface area contributed by atoms with Gasteiger partial charge in [0, 0.05) is 12.6 Å². The second kappa shape index (κ2) is 7.38. The molecule has 0 aliphatic rings. The Hall–Kier alpha value is -2.19. The third-order valence-corrected chi connectivity index (χ3v) is 3.84. The van der Waals surface area contributed by atoms with E-state index in [1.54, 1.807) is 19.1 Å². The molecule has 8 nitrogen and oxygen atoms in total. The second-order valence-electron chi connectivity index (χ2n) is 4.70. The zero-order valence-corrected chi connectivity index (χ0v) is 13.6. The van der Waals surface area contributed by atoms with Crippen molar-refractivity contribution in [3.8, 4) is 0 Å². The van der Waals surface area contributed by atoms with Crippen molar-refractivity contribution in [3.05, 3.63) is 44.3 Å². The van der Waals surface area contributed by atoms with Gasteiger partial charge in [0.15, 0.2) is 10.2 Å². The second-order valence-corrected chi connectivity index (χ2v) is 5.43. The number of aryl methyl sites for hydroxylation is 1. The molecule has 0 aliphatic carbocycles. The summed E-state index contributed by atoms with van der Waals surface area (Å²) in [5, 5.41) is 17.5. The summed E-state index contributed by atoms with van der Waals surface area (Å²) in [6.45, 7) is 1.98. The van der Waals surface area contributed by atoms with Crippen LogP contribution in [0.5, 0.6) is 0 Å². The van der Waals surface area contributed by atoms with Gasteiger partial charge in [-0.3, -0.25) is 4.79 Å². The molecular weight excluding hydrogens is 345 g/mol. The van der Waals surface area contributed by atoms with Crippen molar-refractivity contribution in [2.75, 3.05) is 5.32 Å². The molecule has 2 aromatic heterocycles. The predicted octanol–water partition coefficient (Wildman–Crippen LogP) is 3.22. The molecular formula is C13H13Cl2N5O3. The molecule has 0 spiro atoms. The van der Waals surface area contributed by atoms with Crippen molar-refractivity contribution in [2.24, 2.45) is 0 Å². The van der Waals surface area contributed by atoms with E-state index in [1.807, 2.05) is 0 Å². The Labute approximate surface area is 141 Å². The van der Waals surface area contributed by atoms with E-state index in [0.717, 1.165) is 0 Å². The number of carbonyl (C=O) groups is 1. The molecule has 23 heavy (non-hydrogen) atoms. The lowest BCUT2D eigenvalue weighted by atomic mass is 10.3. The van der Waals surface area contributed by atoms with E-state index >= 15 is 0 Å². The summed E-state index contributed by atoms with van der Waals surface area (Å²) in [5.41, 5.74) is 0.933. The van der Waals surface area contributed by atoms with E-state index in [9.17, 15) is 14.9 Å². The van der Waals surface area contributed by atoms with Crippen molar-refractivity contribution in [2.45, 2.75) is 26.3 Å². The molecule has 0 saturated heterocycles. The van der Waals surface area contributed by atoms with Crippen molar-refractivity contribution in [1.82, 2.24) is 14.8 Å². The highest BCUT2D eigenvalue weighted by Gasteiger charge is 2.23. The number of nitro groups is 1. The van der Waals surface area contributed by atoms with Crippen LogP contribution in [-0.2, 0) is 11.3 Å². The molecule has 0 aromatic carbocycles. The summed E-state index contributed by atoms with van der Waals surface area (Å²) < 4.78 is 1.42. The van der Waals surface area contributed by atoms with Crippen molar-refractivity contribution < 1.29 is 9.72 Å². The van der Waals surface area contributed by atoms with E-state index in [-0.39, 0.29) is 28.3 Å². The molecule has 2 aromatic rings. The number of carbonyl (C=O) groups excluding carboxylic acids is 1. The summed E-state index contributed by atoms with van der Waals surface area (Å²) in [6, 6.07) is 3.31. The highest BCUT2D eigenvalue weighted by Crippen LogP contribution is 2.26. The summed E-state index contributed by atoms with van der Waals surface area (Å²) in [5.74, 6) is -0.610. The first-order chi connectivity index (χ1) is 10.9. The van der Waals surface area contributed by atoms with Gasteiger partial charge in [0.05, 0.1) is 23.0 Å². The Balaban J connectivity index is 1.90. The van der Waals surface area contributed by atoms with Crippen LogP contribution in [0.1, 0.15) is 18.5 Å². The van der Waals surface area contributed by atoms with Gasteiger partial charge in [0.25, 0.3) is 0 Å². The Bertz CT molecular complexity index is 747. The van der Waals surface area contributed by atoms with Crippen molar-refractivity contribution >= 4 is 40.6 Å². The minimum absolute atomic E-state index is 0.0154. The number of halogens is 2. The average Bonchev–Trinajstić information content (AvgIpc) is 2.78. The maximum atomic E-state index is 11.9. The van der Waals surface area contributed by atoms with Crippen LogP contribution in [0.25, 0.3) is 0 Å². The molecule has 1 N–H and O–H groups in total. The average molecular weight is 358 g/mol. The van der Waals surface area contributed by atoms with Crippen LogP contribution in [0.2, 0.25) is 10.2 Å². The van der Waals surface area contributed by atoms with E-state index in [1.165, 1.54) is 10.9 Å². The van der Waals surface area contributed by atoms with Crippen LogP contribution in [-0.4, -0.2) is 25.6 Å². The van der Waals surface area contributed by atoms with Crippen LogP contribution in [0.3, 0.4) is 0 Å².